The predicted molar refractivity (Wildman–Crippen MR) is 94.9 cm³/mol. The molecule has 1 aromatic heterocycles. The minimum Gasteiger partial charge on any atom is -0.399 e. The second-order valence-corrected chi connectivity index (χ2v) is 7.28. The van der Waals surface area contributed by atoms with Gasteiger partial charge in [-0.15, -0.1) is 0 Å². The molecule has 0 saturated carbocycles. The van der Waals surface area contributed by atoms with Crippen molar-refractivity contribution in [2.75, 3.05) is 7.05 Å². The number of nitrogens with one attached hydrogen (secondary N) is 1. The van der Waals surface area contributed by atoms with Gasteiger partial charge in [0.25, 0.3) is 0 Å². The number of rotatable bonds is 3. The lowest BCUT2D eigenvalue weighted by Crippen LogP contribution is -2.41. The third-order valence-corrected chi connectivity index (χ3v) is 5.22. The average molecular weight is 312 g/mol. The Morgan fingerprint density at radius 1 is 1.09 bits per heavy atom. The van der Waals surface area contributed by atoms with Crippen molar-refractivity contribution < 1.29 is 9.31 Å². The molecule has 0 bridgehead atoms. The van der Waals surface area contributed by atoms with Crippen molar-refractivity contribution >= 4 is 23.5 Å². The van der Waals surface area contributed by atoms with Gasteiger partial charge in [0.15, 0.2) is 0 Å². The molecule has 2 aromatic rings. The molecule has 1 aromatic carbocycles. The lowest BCUT2D eigenvalue weighted by molar-refractivity contribution is 0.00578. The summed E-state index contributed by atoms with van der Waals surface area (Å²) < 4.78 is 12.3. The Labute approximate surface area is 138 Å². The number of fused-ring (bicyclic) bond motifs is 1. The van der Waals surface area contributed by atoms with Gasteiger partial charge in [-0.05, 0) is 64.8 Å². The molecule has 23 heavy (non-hydrogen) atoms. The SMILES string of the molecule is CNC(C)c1ccnc2ccc(B3OC(C)(C)C(C)(C)O3)cc12. The summed E-state index contributed by atoms with van der Waals surface area (Å²) in [5, 5.41) is 4.44. The van der Waals surface area contributed by atoms with Crippen molar-refractivity contribution in [1.29, 1.82) is 0 Å². The molecule has 0 amide bonds. The summed E-state index contributed by atoms with van der Waals surface area (Å²) >= 11 is 0. The molecule has 1 aliphatic heterocycles. The van der Waals surface area contributed by atoms with E-state index in [4.69, 9.17) is 9.31 Å². The highest BCUT2D eigenvalue weighted by Gasteiger charge is 2.51. The van der Waals surface area contributed by atoms with Gasteiger partial charge in [0.05, 0.1) is 16.7 Å². The topological polar surface area (TPSA) is 43.4 Å². The van der Waals surface area contributed by atoms with Gasteiger partial charge < -0.3 is 14.6 Å². The molecule has 0 radical (unpaired) electrons. The van der Waals surface area contributed by atoms with Crippen LogP contribution in [0, 0.1) is 0 Å². The zero-order valence-corrected chi connectivity index (χ0v) is 14.8. The minimum absolute atomic E-state index is 0.258. The van der Waals surface area contributed by atoms with E-state index in [0.29, 0.717) is 0 Å². The maximum Gasteiger partial charge on any atom is 0.494 e. The molecule has 5 heteroatoms. The fourth-order valence-electron chi connectivity index (χ4n) is 2.84. The van der Waals surface area contributed by atoms with Crippen LogP contribution in [0.25, 0.3) is 10.9 Å². The van der Waals surface area contributed by atoms with Gasteiger partial charge >= 0.3 is 7.12 Å². The highest BCUT2D eigenvalue weighted by Crippen LogP contribution is 2.36. The van der Waals surface area contributed by atoms with E-state index in [1.807, 2.05) is 25.4 Å². The molecule has 122 valence electrons. The first kappa shape index (κ1) is 16.4. The number of nitrogens with zero attached hydrogens (tertiary/aromatic N) is 1. The number of hydrogen-bond acceptors (Lipinski definition) is 4. The molecule has 1 atom stereocenters. The van der Waals surface area contributed by atoms with Gasteiger partial charge in [-0.2, -0.15) is 0 Å². The maximum atomic E-state index is 6.17. The molecule has 0 aliphatic carbocycles. The lowest BCUT2D eigenvalue weighted by Gasteiger charge is -2.32. The quantitative estimate of drug-likeness (QED) is 0.885. The molecule has 0 spiro atoms. The Balaban J connectivity index is 2.04. The summed E-state index contributed by atoms with van der Waals surface area (Å²) in [4.78, 5) is 4.47. The van der Waals surface area contributed by atoms with Crippen molar-refractivity contribution in [3.05, 3.63) is 36.0 Å². The Morgan fingerprint density at radius 2 is 1.74 bits per heavy atom. The van der Waals surface area contributed by atoms with Crippen molar-refractivity contribution in [3.8, 4) is 0 Å². The largest absolute Gasteiger partial charge is 0.494 e. The van der Waals surface area contributed by atoms with Crippen molar-refractivity contribution in [2.24, 2.45) is 0 Å². The minimum atomic E-state index is -0.345. The highest BCUT2D eigenvalue weighted by molar-refractivity contribution is 6.62. The fourth-order valence-corrected chi connectivity index (χ4v) is 2.84. The van der Waals surface area contributed by atoms with E-state index in [2.05, 4.69) is 57.1 Å². The van der Waals surface area contributed by atoms with E-state index < -0.39 is 0 Å². The molecular weight excluding hydrogens is 287 g/mol. The van der Waals surface area contributed by atoms with E-state index in [0.717, 1.165) is 16.4 Å². The van der Waals surface area contributed by atoms with Crippen molar-refractivity contribution in [1.82, 2.24) is 10.3 Å². The molecule has 1 unspecified atom stereocenters. The molecule has 2 heterocycles. The van der Waals surface area contributed by atoms with Crippen LogP contribution >= 0.6 is 0 Å². The first-order valence-corrected chi connectivity index (χ1v) is 8.16. The molecular formula is C18H25BN2O2. The van der Waals surface area contributed by atoms with E-state index >= 15 is 0 Å². The Hall–Kier alpha value is -1.43. The second kappa shape index (κ2) is 5.58. The molecule has 1 aliphatic rings. The van der Waals surface area contributed by atoms with Crippen LogP contribution in [0.3, 0.4) is 0 Å². The number of aromatic nitrogens is 1. The zero-order chi connectivity index (χ0) is 16.8. The Bertz CT molecular complexity index is 714. The van der Waals surface area contributed by atoms with Crippen LogP contribution in [0.4, 0.5) is 0 Å². The summed E-state index contributed by atoms with van der Waals surface area (Å²) in [6.07, 6.45) is 1.86. The molecule has 3 rings (SSSR count). The summed E-state index contributed by atoms with van der Waals surface area (Å²) in [6.45, 7) is 10.4. The van der Waals surface area contributed by atoms with Crippen LogP contribution in [0.2, 0.25) is 0 Å². The normalized spacial score (nSPS) is 20.9. The van der Waals surface area contributed by atoms with Crippen LogP contribution in [-0.4, -0.2) is 30.4 Å². The average Bonchev–Trinajstić information content (AvgIpc) is 2.73. The van der Waals surface area contributed by atoms with Crippen LogP contribution in [0.15, 0.2) is 30.5 Å². The van der Waals surface area contributed by atoms with E-state index in [9.17, 15) is 0 Å². The van der Waals surface area contributed by atoms with Gasteiger partial charge in [0, 0.05) is 17.6 Å². The first-order valence-electron chi connectivity index (χ1n) is 8.16. The fraction of sp³-hybridized carbons (Fsp3) is 0.500. The second-order valence-electron chi connectivity index (χ2n) is 7.28. The summed E-state index contributed by atoms with van der Waals surface area (Å²) in [7, 11) is 1.62. The molecule has 1 N–H and O–H groups in total. The smallest absolute Gasteiger partial charge is 0.399 e. The predicted octanol–water partition coefficient (Wildman–Crippen LogP) is 2.81. The molecule has 1 fully saturated rings. The van der Waals surface area contributed by atoms with E-state index in [1.165, 1.54) is 5.56 Å². The number of benzene rings is 1. The van der Waals surface area contributed by atoms with Crippen LogP contribution < -0.4 is 10.8 Å². The van der Waals surface area contributed by atoms with Gasteiger partial charge in [-0.1, -0.05) is 12.1 Å². The molecule has 4 nitrogen and oxygen atoms in total. The van der Waals surface area contributed by atoms with E-state index in [-0.39, 0.29) is 24.4 Å². The zero-order valence-electron chi connectivity index (χ0n) is 14.8. The lowest BCUT2D eigenvalue weighted by atomic mass is 9.78. The van der Waals surface area contributed by atoms with Gasteiger partial charge in [-0.3, -0.25) is 4.98 Å². The summed E-state index contributed by atoms with van der Waals surface area (Å²) in [6, 6.07) is 8.56. The number of pyridine rings is 1. The van der Waals surface area contributed by atoms with Crippen molar-refractivity contribution in [2.45, 2.75) is 51.9 Å². The Morgan fingerprint density at radius 3 is 2.35 bits per heavy atom. The van der Waals surface area contributed by atoms with Gasteiger partial charge in [0.2, 0.25) is 0 Å². The van der Waals surface area contributed by atoms with Gasteiger partial charge in [-0.25, -0.2) is 0 Å². The standard InChI is InChI=1S/C18H25BN2O2/c1-12(20-6)14-9-10-21-16-8-7-13(11-15(14)16)19-22-17(2,3)18(4,5)23-19/h7-12,20H,1-6H3. The van der Waals surface area contributed by atoms with Crippen LogP contribution in [0.1, 0.15) is 46.2 Å². The Kier molecular flexibility index (Phi) is 3.99. The van der Waals surface area contributed by atoms with Crippen LogP contribution in [-0.2, 0) is 9.31 Å². The summed E-state index contributed by atoms with van der Waals surface area (Å²) in [5.41, 5.74) is 2.60. The highest BCUT2D eigenvalue weighted by atomic mass is 16.7. The monoisotopic (exact) mass is 312 g/mol. The first-order chi connectivity index (χ1) is 10.7. The third-order valence-electron chi connectivity index (χ3n) is 5.22. The van der Waals surface area contributed by atoms with Gasteiger partial charge in [0.1, 0.15) is 0 Å². The van der Waals surface area contributed by atoms with Crippen LogP contribution in [0.5, 0.6) is 0 Å². The van der Waals surface area contributed by atoms with Crippen molar-refractivity contribution in [3.63, 3.8) is 0 Å². The third kappa shape index (κ3) is 2.78. The maximum absolute atomic E-state index is 6.17. The summed E-state index contributed by atoms with van der Waals surface area (Å²) in [5.74, 6) is 0. The number of hydrogen-bond donors (Lipinski definition) is 1. The van der Waals surface area contributed by atoms with E-state index in [1.54, 1.807) is 0 Å². The molecule has 1 saturated heterocycles.